The zero-order valence-electron chi connectivity index (χ0n) is 18.2. The smallest absolute Gasteiger partial charge is 0.409 e. The third-order valence-corrected chi connectivity index (χ3v) is 6.38. The van der Waals surface area contributed by atoms with Crippen molar-refractivity contribution in [2.45, 2.75) is 39.3 Å². The SMILES string of the molecule is CCNC(=NCc1ccc(N2CCSCC2)cc1)NC1CCN(C(=O)OCC)CC1. The van der Waals surface area contributed by atoms with E-state index in [1.165, 1.54) is 22.8 Å². The van der Waals surface area contributed by atoms with Crippen molar-refractivity contribution in [3.8, 4) is 0 Å². The van der Waals surface area contributed by atoms with E-state index in [1.807, 2.05) is 18.7 Å². The van der Waals surface area contributed by atoms with Crippen LogP contribution < -0.4 is 15.5 Å². The van der Waals surface area contributed by atoms with E-state index in [2.05, 4.69) is 46.7 Å². The molecule has 2 heterocycles. The largest absolute Gasteiger partial charge is 0.450 e. The second kappa shape index (κ2) is 11.9. The molecule has 0 unspecified atom stereocenters. The Kier molecular flexibility index (Phi) is 8.99. The van der Waals surface area contributed by atoms with Crippen molar-refractivity contribution >= 4 is 29.5 Å². The van der Waals surface area contributed by atoms with Gasteiger partial charge in [-0.2, -0.15) is 11.8 Å². The van der Waals surface area contributed by atoms with Crippen LogP contribution in [-0.2, 0) is 11.3 Å². The van der Waals surface area contributed by atoms with Crippen LogP contribution in [0.4, 0.5) is 10.5 Å². The first-order valence-electron chi connectivity index (χ1n) is 11.1. The molecule has 0 bridgehead atoms. The number of nitrogens with zero attached hydrogens (tertiary/aromatic N) is 3. The summed E-state index contributed by atoms with van der Waals surface area (Å²) in [6.45, 7) is 9.49. The molecule has 1 amide bonds. The maximum Gasteiger partial charge on any atom is 0.409 e. The number of benzene rings is 1. The van der Waals surface area contributed by atoms with E-state index in [4.69, 9.17) is 9.73 Å². The van der Waals surface area contributed by atoms with Crippen LogP contribution in [0.2, 0.25) is 0 Å². The van der Waals surface area contributed by atoms with Gasteiger partial charge in [0.2, 0.25) is 0 Å². The molecule has 0 aromatic heterocycles. The number of carbonyl (C=O) groups excluding carboxylic acids is 1. The molecule has 0 radical (unpaired) electrons. The van der Waals surface area contributed by atoms with E-state index in [1.54, 1.807) is 4.90 Å². The van der Waals surface area contributed by atoms with Crippen LogP contribution in [0.1, 0.15) is 32.3 Å². The summed E-state index contributed by atoms with van der Waals surface area (Å²) in [5.74, 6) is 3.26. The summed E-state index contributed by atoms with van der Waals surface area (Å²) in [6, 6.07) is 9.11. The number of ether oxygens (including phenoxy) is 1. The topological polar surface area (TPSA) is 69.2 Å². The molecule has 2 N–H and O–H groups in total. The molecule has 166 valence electrons. The minimum Gasteiger partial charge on any atom is -0.450 e. The van der Waals surface area contributed by atoms with Gasteiger partial charge < -0.3 is 25.2 Å². The van der Waals surface area contributed by atoms with Crippen LogP contribution in [0, 0.1) is 0 Å². The number of hydrogen-bond donors (Lipinski definition) is 2. The number of rotatable bonds is 6. The highest BCUT2D eigenvalue weighted by Crippen LogP contribution is 2.20. The molecule has 0 atom stereocenters. The summed E-state index contributed by atoms with van der Waals surface area (Å²) in [5, 5.41) is 6.87. The third-order valence-electron chi connectivity index (χ3n) is 5.44. The molecule has 2 saturated heterocycles. The maximum atomic E-state index is 11.9. The highest BCUT2D eigenvalue weighted by Gasteiger charge is 2.24. The number of thioether (sulfide) groups is 1. The Hall–Kier alpha value is -2.09. The number of likely N-dealkylation sites (tertiary alicyclic amines) is 1. The molecule has 30 heavy (non-hydrogen) atoms. The summed E-state index contributed by atoms with van der Waals surface area (Å²) < 4.78 is 5.10. The Labute approximate surface area is 184 Å². The quantitative estimate of drug-likeness (QED) is 0.531. The van der Waals surface area contributed by atoms with Crippen LogP contribution in [0.25, 0.3) is 0 Å². The molecule has 8 heteroatoms. The minimum atomic E-state index is -0.205. The first-order chi connectivity index (χ1) is 14.7. The fourth-order valence-corrected chi connectivity index (χ4v) is 4.64. The average molecular weight is 434 g/mol. The zero-order valence-corrected chi connectivity index (χ0v) is 19.0. The van der Waals surface area contributed by atoms with Crippen molar-refractivity contribution in [1.82, 2.24) is 15.5 Å². The van der Waals surface area contributed by atoms with Crippen molar-refractivity contribution in [3.63, 3.8) is 0 Å². The standard InChI is InChI=1S/C22H35N5O2S/c1-3-23-21(25-19-9-11-27(12-10-19)22(28)29-4-2)24-17-18-5-7-20(8-6-18)26-13-15-30-16-14-26/h5-8,19H,3-4,9-17H2,1-2H3,(H2,23,24,25). The monoisotopic (exact) mass is 433 g/mol. The van der Waals surface area contributed by atoms with Gasteiger partial charge in [-0.15, -0.1) is 0 Å². The molecule has 1 aromatic rings. The molecular formula is C22H35N5O2S. The number of guanidine groups is 1. The Balaban J connectivity index is 1.50. The molecule has 3 rings (SSSR count). The fourth-order valence-electron chi connectivity index (χ4n) is 3.74. The lowest BCUT2D eigenvalue weighted by molar-refractivity contribution is 0.0963. The predicted molar refractivity (Wildman–Crippen MR) is 126 cm³/mol. The number of piperidine rings is 1. The number of aliphatic imine (C=N–C) groups is 1. The molecule has 2 aliphatic heterocycles. The Morgan fingerprint density at radius 3 is 2.47 bits per heavy atom. The molecule has 0 spiro atoms. The molecule has 7 nitrogen and oxygen atoms in total. The van der Waals surface area contributed by atoms with Gasteiger partial charge in [-0.1, -0.05) is 12.1 Å². The maximum absolute atomic E-state index is 11.9. The second-order valence-electron chi connectivity index (χ2n) is 7.57. The lowest BCUT2D eigenvalue weighted by Crippen LogP contribution is -2.49. The van der Waals surface area contributed by atoms with Crippen LogP contribution in [0.5, 0.6) is 0 Å². The van der Waals surface area contributed by atoms with Gasteiger partial charge in [-0.25, -0.2) is 9.79 Å². The van der Waals surface area contributed by atoms with E-state index < -0.39 is 0 Å². The van der Waals surface area contributed by atoms with Crippen molar-refractivity contribution < 1.29 is 9.53 Å². The van der Waals surface area contributed by atoms with Crippen molar-refractivity contribution in [2.24, 2.45) is 4.99 Å². The van der Waals surface area contributed by atoms with Crippen LogP contribution in [-0.4, -0.2) is 73.8 Å². The van der Waals surface area contributed by atoms with Gasteiger partial charge in [0.15, 0.2) is 5.96 Å². The molecule has 2 fully saturated rings. The zero-order chi connectivity index (χ0) is 21.2. The lowest BCUT2D eigenvalue weighted by atomic mass is 10.1. The number of hydrogen-bond acceptors (Lipinski definition) is 5. The average Bonchev–Trinajstić information content (AvgIpc) is 2.79. The second-order valence-corrected chi connectivity index (χ2v) is 8.79. The fraction of sp³-hybridized carbons (Fsp3) is 0.636. The van der Waals surface area contributed by atoms with Crippen LogP contribution >= 0.6 is 11.8 Å². The van der Waals surface area contributed by atoms with Gasteiger partial charge >= 0.3 is 6.09 Å². The van der Waals surface area contributed by atoms with Crippen molar-refractivity contribution in [3.05, 3.63) is 29.8 Å². The van der Waals surface area contributed by atoms with E-state index in [-0.39, 0.29) is 6.09 Å². The number of anilines is 1. The van der Waals surface area contributed by atoms with Gasteiger partial charge in [0.05, 0.1) is 13.2 Å². The summed E-state index contributed by atoms with van der Waals surface area (Å²) in [7, 11) is 0. The number of carbonyl (C=O) groups is 1. The molecule has 1 aromatic carbocycles. The summed E-state index contributed by atoms with van der Waals surface area (Å²) in [5.41, 5.74) is 2.51. The molecular weight excluding hydrogens is 398 g/mol. The Bertz CT molecular complexity index is 683. The van der Waals surface area contributed by atoms with Gasteiger partial charge in [-0.05, 0) is 44.4 Å². The van der Waals surface area contributed by atoms with E-state index in [0.717, 1.165) is 38.4 Å². The van der Waals surface area contributed by atoms with Crippen molar-refractivity contribution in [1.29, 1.82) is 0 Å². The Morgan fingerprint density at radius 2 is 1.83 bits per heavy atom. The first-order valence-corrected chi connectivity index (χ1v) is 12.2. The highest BCUT2D eigenvalue weighted by molar-refractivity contribution is 7.99. The summed E-state index contributed by atoms with van der Waals surface area (Å²) in [6.07, 6.45) is 1.58. The van der Waals surface area contributed by atoms with Crippen LogP contribution in [0.3, 0.4) is 0 Å². The van der Waals surface area contributed by atoms with E-state index >= 15 is 0 Å². The lowest BCUT2D eigenvalue weighted by Gasteiger charge is -2.32. The van der Waals surface area contributed by atoms with Gasteiger partial charge in [0.25, 0.3) is 0 Å². The van der Waals surface area contributed by atoms with E-state index in [0.29, 0.717) is 32.3 Å². The molecule has 0 aliphatic carbocycles. The summed E-state index contributed by atoms with van der Waals surface area (Å²) >= 11 is 2.03. The van der Waals surface area contributed by atoms with Gasteiger partial charge in [-0.3, -0.25) is 0 Å². The van der Waals surface area contributed by atoms with Crippen LogP contribution in [0.15, 0.2) is 29.3 Å². The number of amides is 1. The Morgan fingerprint density at radius 1 is 1.13 bits per heavy atom. The van der Waals surface area contributed by atoms with E-state index in [9.17, 15) is 4.79 Å². The van der Waals surface area contributed by atoms with Crippen molar-refractivity contribution in [2.75, 3.05) is 55.7 Å². The number of nitrogens with one attached hydrogen (secondary N) is 2. The minimum absolute atomic E-state index is 0.205. The summed E-state index contributed by atoms with van der Waals surface area (Å²) in [4.78, 5) is 20.9. The molecule has 0 saturated carbocycles. The highest BCUT2D eigenvalue weighted by atomic mass is 32.2. The first kappa shape index (κ1) is 22.6. The third kappa shape index (κ3) is 6.72. The van der Waals surface area contributed by atoms with Gasteiger partial charge in [0.1, 0.15) is 0 Å². The predicted octanol–water partition coefficient (Wildman–Crippen LogP) is 2.92. The van der Waals surface area contributed by atoms with Gasteiger partial charge in [0, 0.05) is 56.0 Å². The normalized spacial score (nSPS) is 18.3. The molecule has 2 aliphatic rings.